The number of hydrogen-bond acceptors (Lipinski definition) is 3. The summed E-state index contributed by atoms with van der Waals surface area (Å²) in [5, 5.41) is 0. The summed E-state index contributed by atoms with van der Waals surface area (Å²) in [6.07, 6.45) is -0.164. The third kappa shape index (κ3) is 3.77. The van der Waals surface area contributed by atoms with E-state index in [-0.39, 0.29) is 36.5 Å². The average Bonchev–Trinajstić information content (AvgIpc) is 2.37. The minimum absolute atomic E-state index is 0. The lowest BCUT2D eigenvalue weighted by atomic mass is 10.1. The van der Waals surface area contributed by atoms with Gasteiger partial charge in [0.05, 0.1) is 14.0 Å². The highest BCUT2D eigenvalue weighted by atomic mass is 35.5. The number of halogens is 1. The Morgan fingerprint density at radius 3 is 2.64 bits per heavy atom. The fourth-order valence-corrected chi connectivity index (χ4v) is 0.833. The minimum atomic E-state index is -1.06. The van der Waals surface area contributed by atoms with Gasteiger partial charge in [0.2, 0.25) is 0 Å². The summed E-state index contributed by atoms with van der Waals surface area (Å²) < 4.78 is 42.1. The third-order valence-electron chi connectivity index (χ3n) is 1.48. The first kappa shape index (κ1) is 6.43. The summed E-state index contributed by atoms with van der Waals surface area (Å²) in [4.78, 5) is 11.2. The summed E-state index contributed by atoms with van der Waals surface area (Å²) >= 11 is 0. The molecule has 0 saturated heterocycles. The van der Waals surface area contributed by atoms with E-state index in [2.05, 4.69) is 4.74 Å². The van der Waals surface area contributed by atoms with E-state index in [0.29, 0.717) is 0 Å². The molecule has 1 aromatic rings. The molecule has 0 aliphatic heterocycles. The zero-order valence-electron chi connectivity index (χ0n) is 12.6. The standard InChI is InChI=1S/C10H13NO2.ClH/c1-13-10(12)9(11)7-8-5-3-2-4-6-8;/h2-6,9H,7,11H2,1H3;1H/t9-;/m1./s1/i2D,3D,4D,5D,6D;. The second kappa shape index (κ2) is 6.40. The molecule has 4 heteroatoms. The first-order chi connectivity index (χ1) is 8.31. The van der Waals surface area contributed by atoms with Crippen molar-refractivity contribution in [3.63, 3.8) is 0 Å². The lowest BCUT2D eigenvalue weighted by Gasteiger charge is -2.08. The topological polar surface area (TPSA) is 52.3 Å². The van der Waals surface area contributed by atoms with Gasteiger partial charge in [-0.15, -0.1) is 12.4 Å². The van der Waals surface area contributed by atoms with Crippen molar-refractivity contribution in [3.8, 4) is 0 Å². The van der Waals surface area contributed by atoms with Crippen LogP contribution in [0.5, 0.6) is 0 Å². The Morgan fingerprint density at radius 1 is 1.57 bits per heavy atom. The normalized spacial score (nSPS) is 16.3. The molecule has 0 aliphatic rings. The quantitative estimate of drug-likeness (QED) is 0.778. The summed E-state index contributed by atoms with van der Waals surface area (Å²) in [6.45, 7) is 0. The van der Waals surface area contributed by atoms with Crippen LogP contribution < -0.4 is 5.73 Å². The van der Waals surface area contributed by atoms with Gasteiger partial charge in [-0.3, -0.25) is 4.79 Å². The second-order valence-corrected chi connectivity index (χ2v) is 2.44. The number of carbonyl (C=O) groups excluding carboxylic acids is 1. The molecule has 1 atom stereocenters. The molecule has 0 unspecified atom stereocenters. The number of hydrogen-bond donors (Lipinski definition) is 1. The SMILES string of the molecule is Cl.[2H]c1c([2H])c([2H])c(C[C@@H](N)C(=O)OC)c([2H])c1[2H]. The first-order valence-electron chi connectivity index (χ1n) is 6.20. The molecule has 2 N–H and O–H groups in total. The molecule has 3 nitrogen and oxygen atoms in total. The van der Waals surface area contributed by atoms with Crippen molar-refractivity contribution in [1.29, 1.82) is 0 Å². The third-order valence-corrected chi connectivity index (χ3v) is 1.48. The lowest BCUT2D eigenvalue weighted by Crippen LogP contribution is -2.33. The highest BCUT2D eigenvalue weighted by Gasteiger charge is 2.13. The predicted octanol–water partition coefficient (Wildman–Crippen LogP) is 1.15. The molecule has 0 heterocycles. The van der Waals surface area contributed by atoms with Crippen LogP contribution in [0.1, 0.15) is 12.4 Å². The van der Waals surface area contributed by atoms with Crippen LogP contribution in [0.4, 0.5) is 0 Å². The van der Waals surface area contributed by atoms with Crippen molar-refractivity contribution in [2.75, 3.05) is 7.11 Å². The molecule has 0 saturated carbocycles. The van der Waals surface area contributed by atoms with Gasteiger partial charge in [0, 0.05) is 0 Å². The molecular formula is C10H14ClNO2. The van der Waals surface area contributed by atoms with Gasteiger partial charge >= 0.3 is 5.97 Å². The van der Waals surface area contributed by atoms with E-state index in [1.54, 1.807) is 0 Å². The van der Waals surface area contributed by atoms with Gasteiger partial charge in [0.15, 0.2) is 0 Å². The molecule has 0 aromatic heterocycles. The van der Waals surface area contributed by atoms with Gasteiger partial charge in [-0.2, -0.15) is 0 Å². The smallest absolute Gasteiger partial charge is 0.322 e. The maximum Gasteiger partial charge on any atom is 0.322 e. The molecule has 0 spiro atoms. The van der Waals surface area contributed by atoms with E-state index in [1.807, 2.05) is 0 Å². The maximum atomic E-state index is 11.2. The Hall–Kier alpha value is -1.06. The molecule has 0 amide bonds. The Labute approximate surface area is 96.7 Å². The molecule has 1 rings (SSSR count). The van der Waals surface area contributed by atoms with Crippen molar-refractivity contribution in [2.45, 2.75) is 12.5 Å². The molecular weight excluding hydrogens is 202 g/mol. The number of benzene rings is 1. The van der Waals surface area contributed by atoms with Crippen molar-refractivity contribution in [3.05, 3.63) is 35.8 Å². The van der Waals surface area contributed by atoms with Gasteiger partial charge in [0.1, 0.15) is 6.04 Å². The van der Waals surface area contributed by atoms with E-state index in [1.165, 1.54) is 7.11 Å². The van der Waals surface area contributed by atoms with Crippen LogP contribution in [0.3, 0.4) is 0 Å². The van der Waals surface area contributed by atoms with Gasteiger partial charge < -0.3 is 10.5 Å². The summed E-state index contributed by atoms with van der Waals surface area (Å²) in [6, 6.07) is -3.11. The Kier molecular flexibility index (Phi) is 2.94. The highest BCUT2D eigenvalue weighted by Crippen LogP contribution is 2.02. The zero-order valence-corrected chi connectivity index (χ0v) is 8.40. The molecule has 0 aliphatic carbocycles. The number of carbonyl (C=O) groups is 1. The van der Waals surface area contributed by atoms with E-state index < -0.39 is 30.1 Å². The fourth-order valence-electron chi connectivity index (χ4n) is 0.833. The number of nitrogens with two attached hydrogens (primary N) is 1. The molecule has 0 fully saturated rings. The van der Waals surface area contributed by atoms with Crippen molar-refractivity contribution >= 4 is 18.4 Å². The van der Waals surface area contributed by atoms with Crippen molar-refractivity contribution in [2.24, 2.45) is 5.73 Å². The van der Waals surface area contributed by atoms with Crippen LogP contribution >= 0.6 is 12.4 Å². The zero-order chi connectivity index (χ0) is 14.0. The van der Waals surface area contributed by atoms with Crippen molar-refractivity contribution < 1.29 is 16.4 Å². The van der Waals surface area contributed by atoms with E-state index >= 15 is 0 Å². The Morgan fingerprint density at radius 2 is 2.14 bits per heavy atom. The monoisotopic (exact) mass is 220 g/mol. The molecule has 78 valence electrons. The van der Waals surface area contributed by atoms with E-state index in [4.69, 9.17) is 12.6 Å². The van der Waals surface area contributed by atoms with Crippen LogP contribution in [0, 0.1) is 0 Å². The number of methoxy groups -OCH3 is 1. The van der Waals surface area contributed by atoms with Crippen LogP contribution in [0.2, 0.25) is 0 Å². The van der Waals surface area contributed by atoms with Crippen LogP contribution in [-0.4, -0.2) is 19.1 Å². The Bertz CT molecular complexity index is 468. The van der Waals surface area contributed by atoms with Crippen LogP contribution in [-0.2, 0) is 16.0 Å². The van der Waals surface area contributed by atoms with Gasteiger partial charge in [-0.25, -0.2) is 0 Å². The van der Waals surface area contributed by atoms with E-state index in [0.717, 1.165) is 0 Å². The number of esters is 1. The first-order valence-corrected chi connectivity index (χ1v) is 3.70. The lowest BCUT2D eigenvalue weighted by molar-refractivity contribution is -0.142. The second-order valence-electron chi connectivity index (χ2n) is 2.44. The summed E-state index contributed by atoms with van der Waals surface area (Å²) in [5.41, 5.74) is 5.54. The number of ether oxygens (including phenoxy) is 1. The van der Waals surface area contributed by atoms with Gasteiger partial charge in [-0.05, 0) is 12.0 Å². The molecule has 0 bridgehead atoms. The fraction of sp³-hybridized carbons (Fsp3) is 0.300. The van der Waals surface area contributed by atoms with Crippen molar-refractivity contribution in [1.82, 2.24) is 0 Å². The molecule has 14 heavy (non-hydrogen) atoms. The minimum Gasteiger partial charge on any atom is -0.468 e. The van der Waals surface area contributed by atoms with E-state index in [9.17, 15) is 4.79 Å². The van der Waals surface area contributed by atoms with Crippen LogP contribution in [0.15, 0.2) is 30.2 Å². The highest BCUT2D eigenvalue weighted by molar-refractivity contribution is 5.85. The predicted molar refractivity (Wildman–Crippen MR) is 57.4 cm³/mol. The molecule has 0 radical (unpaired) electrons. The number of rotatable bonds is 3. The van der Waals surface area contributed by atoms with Gasteiger partial charge in [-0.1, -0.05) is 30.2 Å². The van der Waals surface area contributed by atoms with Gasteiger partial charge in [0.25, 0.3) is 0 Å². The van der Waals surface area contributed by atoms with Crippen LogP contribution in [0.25, 0.3) is 0 Å². The molecule has 1 aromatic carbocycles. The Balaban J connectivity index is 0.00000324. The maximum absolute atomic E-state index is 11.2. The largest absolute Gasteiger partial charge is 0.468 e. The summed E-state index contributed by atoms with van der Waals surface area (Å²) in [7, 11) is 1.17. The summed E-state index contributed by atoms with van der Waals surface area (Å²) in [5.74, 6) is -0.693. The average molecular weight is 221 g/mol.